The molecule has 0 saturated carbocycles. The number of hydrogen-bond donors (Lipinski definition) is 3. The third-order valence-corrected chi connectivity index (χ3v) is 5.02. The molecular weight excluding hydrogens is 334 g/mol. The predicted molar refractivity (Wildman–Crippen MR) is 98.5 cm³/mol. The van der Waals surface area contributed by atoms with E-state index in [9.17, 15) is 4.79 Å². The third-order valence-electron chi connectivity index (χ3n) is 3.90. The second kappa shape index (κ2) is 6.45. The van der Waals surface area contributed by atoms with Crippen molar-refractivity contribution in [2.75, 3.05) is 5.73 Å². The van der Waals surface area contributed by atoms with Gasteiger partial charge in [0.1, 0.15) is 5.25 Å². The van der Waals surface area contributed by atoms with Crippen LogP contribution in [0.4, 0.5) is 5.95 Å². The Morgan fingerprint density at radius 1 is 1.08 bits per heavy atom. The fraction of sp³-hybridized carbons (Fsp3) is 0.0556. The Kier molecular flexibility index (Phi) is 3.99. The molecule has 2 aromatic carbocycles. The second-order valence-corrected chi connectivity index (χ2v) is 6.60. The maximum Gasteiger partial charge on any atom is 0.216 e. The maximum absolute atomic E-state index is 13.3. The predicted octanol–water partition coefficient (Wildman–Crippen LogP) is 3.58. The number of carbonyl (C=O) groups is 1. The van der Waals surface area contributed by atoms with E-state index in [0.717, 1.165) is 16.5 Å². The summed E-state index contributed by atoms with van der Waals surface area (Å²) < 4.78 is 0. The van der Waals surface area contributed by atoms with Gasteiger partial charge in [-0.2, -0.15) is 4.98 Å². The molecule has 0 aliphatic heterocycles. The fourth-order valence-corrected chi connectivity index (χ4v) is 3.72. The van der Waals surface area contributed by atoms with Gasteiger partial charge in [-0.15, -0.1) is 5.10 Å². The molecule has 0 aliphatic carbocycles. The Balaban J connectivity index is 1.75. The second-order valence-electron chi connectivity index (χ2n) is 5.52. The number of anilines is 1. The van der Waals surface area contributed by atoms with E-state index in [4.69, 9.17) is 5.73 Å². The van der Waals surface area contributed by atoms with E-state index in [1.54, 1.807) is 6.20 Å². The van der Waals surface area contributed by atoms with E-state index in [1.807, 2.05) is 54.6 Å². The molecule has 0 saturated heterocycles. The number of fused-ring (bicyclic) bond motifs is 1. The average molecular weight is 349 g/mol. The number of ketones is 1. The number of H-pyrrole nitrogens is 2. The Morgan fingerprint density at radius 2 is 1.84 bits per heavy atom. The number of Topliss-reactive ketones (excluding diaryl/α,β-unsaturated/α-hetero) is 1. The zero-order valence-electron chi connectivity index (χ0n) is 13.1. The number of thioether (sulfide) groups is 1. The van der Waals surface area contributed by atoms with Gasteiger partial charge in [-0.05, 0) is 11.6 Å². The van der Waals surface area contributed by atoms with Crippen molar-refractivity contribution in [3.8, 4) is 0 Å². The molecule has 0 radical (unpaired) electrons. The summed E-state index contributed by atoms with van der Waals surface area (Å²) >= 11 is 1.28. The summed E-state index contributed by atoms with van der Waals surface area (Å²) in [4.78, 5) is 20.6. The van der Waals surface area contributed by atoms with Gasteiger partial charge in [0, 0.05) is 22.7 Å². The monoisotopic (exact) mass is 349 g/mol. The van der Waals surface area contributed by atoms with E-state index in [1.165, 1.54) is 11.8 Å². The summed E-state index contributed by atoms with van der Waals surface area (Å²) in [6, 6.07) is 17.4. The van der Waals surface area contributed by atoms with Gasteiger partial charge in [-0.3, -0.25) is 4.79 Å². The van der Waals surface area contributed by atoms with Crippen LogP contribution in [0.5, 0.6) is 0 Å². The lowest BCUT2D eigenvalue weighted by molar-refractivity contribution is 0.0991. The van der Waals surface area contributed by atoms with Crippen LogP contribution >= 0.6 is 11.8 Å². The zero-order valence-corrected chi connectivity index (χ0v) is 14.0. The number of benzene rings is 2. The van der Waals surface area contributed by atoms with Crippen LogP contribution < -0.4 is 5.73 Å². The number of nitrogens with one attached hydrogen (secondary N) is 2. The summed E-state index contributed by atoms with van der Waals surface area (Å²) in [5.41, 5.74) is 8.09. The molecule has 0 spiro atoms. The lowest BCUT2D eigenvalue weighted by atomic mass is 10.0. The highest BCUT2D eigenvalue weighted by atomic mass is 32.2. The SMILES string of the molecule is Nc1nc(S[C@@H](C(=O)c2c[nH]c3ccccc23)c2ccccc2)n[nH]1. The molecule has 6 nitrogen and oxygen atoms in total. The minimum atomic E-state index is -0.462. The van der Waals surface area contributed by atoms with E-state index < -0.39 is 5.25 Å². The number of nitrogen functional groups attached to an aromatic ring is 1. The van der Waals surface area contributed by atoms with Gasteiger partial charge in [0.15, 0.2) is 5.78 Å². The first-order valence-electron chi connectivity index (χ1n) is 7.72. The van der Waals surface area contributed by atoms with Crippen molar-refractivity contribution < 1.29 is 4.79 Å². The minimum absolute atomic E-state index is 0.00276. The normalized spacial score (nSPS) is 12.3. The van der Waals surface area contributed by atoms with Crippen molar-refractivity contribution in [1.82, 2.24) is 20.2 Å². The van der Waals surface area contributed by atoms with Gasteiger partial charge in [0.2, 0.25) is 11.1 Å². The fourth-order valence-electron chi connectivity index (χ4n) is 2.73. The molecule has 2 aromatic heterocycles. The third kappa shape index (κ3) is 3.01. The van der Waals surface area contributed by atoms with Gasteiger partial charge in [0.05, 0.1) is 0 Å². The molecule has 7 heteroatoms. The molecule has 0 amide bonds. The number of para-hydroxylation sites is 1. The van der Waals surface area contributed by atoms with Crippen molar-refractivity contribution in [3.05, 3.63) is 71.9 Å². The molecule has 25 heavy (non-hydrogen) atoms. The van der Waals surface area contributed by atoms with Crippen LogP contribution in [0.1, 0.15) is 21.2 Å². The van der Waals surface area contributed by atoms with Crippen LogP contribution in [0.25, 0.3) is 10.9 Å². The van der Waals surface area contributed by atoms with Crippen LogP contribution in [-0.2, 0) is 0 Å². The number of aromatic amines is 2. The first-order valence-corrected chi connectivity index (χ1v) is 8.60. The van der Waals surface area contributed by atoms with Gasteiger partial charge in [-0.1, -0.05) is 60.3 Å². The van der Waals surface area contributed by atoms with E-state index in [-0.39, 0.29) is 11.7 Å². The zero-order chi connectivity index (χ0) is 17.2. The van der Waals surface area contributed by atoms with Gasteiger partial charge < -0.3 is 10.7 Å². The van der Waals surface area contributed by atoms with Crippen LogP contribution in [-0.4, -0.2) is 25.9 Å². The quantitative estimate of drug-likeness (QED) is 0.378. The van der Waals surface area contributed by atoms with E-state index >= 15 is 0 Å². The topological polar surface area (TPSA) is 100 Å². The first kappa shape index (κ1) is 15.5. The van der Waals surface area contributed by atoms with Gasteiger partial charge in [-0.25, -0.2) is 5.10 Å². The number of carbonyl (C=O) groups excluding carboxylic acids is 1. The Bertz CT molecular complexity index is 1020. The average Bonchev–Trinajstić information content (AvgIpc) is 3.26. The van der Waals surface area contributed by atoms with Crippen molar-refractivity contribution >= 4 is 34.4 Å². The summed E-state index contributed by atoms with van der Waals surface area (Å²) in [5, 5.41) is 7.54. The number of hydrogen-bond acceptors (Lipinski definition) is 5. The Hall–Kier alpha value is -3.06. The summed E-state index contributed by atoms with van der Waals surface area (Å²) in [7, 11) is 0. The first-order chi connectivity index (χ1) is 12.2. The minimum Gasteiger partial charge on any atom is -0.368 e. The van der Waals surface area contributed by atoms with Gasteiger partial charge in [0.25, 0.3) is 0 Å². The van der Waals surface area contributed by atoms with E-state index in [0.29, 0.717) is 10.7 Å². The van der Waals surface area contributed by atoms with Crippen molar-refractivity contribution in [3.63, 3.8) is 0 Å². The van der Waals surface area contributed by atoms with Crippen molar-refractivity contribution in [1.29, 1.82) is 0 Å². The smallest absolute Gasteiger partial charge is 0.216 e. The van der Waals surface area contributed by atoms with Crippen LogP contribution in [0, 0.1) is 0 Å². The molecular formula is C18H15N5OS. The molecule has 2 heterocycles. The molecule has 0 aliphatic rings. The largest absolute Gasteiger partial charge is 0.368 e. The highest BCUT2D eigenvalue weighted by molar-refractivity contribution is 8.00. The summed E-state index contributed by atoms with van der Waals surface area (Å²) in [5.74, 6) is 0.228. The molecule has 0 unspecified atom stereocenters. The highest BCUT2D eigenvalue weighted by Crippen LogP contribution is 2.37. The number of aromatic nitrogens is 4. The van der Waals surface area contributed by atoms with Crippen molar-refractivity contribution in [2.24, 2.45) is 0 Å². The van der Waals surface area contributed by atoms with Crippen LogP contribution in [0.15, 0.2) is 66.0 Å². The number of rotatable bonds is 5. The summed E-state index contributed by atoms with van der Waals surface area (Å²) in [6.07, 6.45) is 1.76. The standard InChI is InChI=1S/C18H15N5OS/c19-17-21-18(23-22-17)25-16(11-6-2-1-3-7-11)15(24)13-10-20-14-9-5-4-8-12(13)14/h1-10,16,20H,(H3,19,21,22,23)/t16-/m1/s1. The van der Waals surface area contributed by atoms with Crippen molar-refractivity contribution in [2.45, 2.75) is 10.4 Å². The molecule has 1 atom stereocenters. The highest BCUT2D eigenvalue weighted by Gasteiger charge is 2.26. The van der Waals surface area contributed by atoms with Crippen LogP contribution in [0.2, 0.25) is 0 Å². The molecule has 4 aromatic rings. The maximum atomic E-state index is 13.3. The van der Waals surface area contributed by atoms with E-state index in [2.05, 4.69) is 20.2 Å². The summed E-state index contributed by atoms with van der Waals surface area (Å²) in [6.45, 7) is 0. The molecule has 0 bridgehead atoms. The Morgan fingerprint density at radius 3 is 2.60 bits per heavy atom. The van der Waals surface area contributed by atoms with Gasteiger partial charge >= 0.3 is 0 Å². The van der Waals surface area contributed by atoms with Crippen LogP contribution in [0.3, 0.4) is 0 Å². The Labute approximate surface area is 147 Å². The molecule has 0 fully saturated rings. The number of nitrogens with zero attached hydrogens (tertiary/aromatic N) is 2. The molecule has 4 N–H and O–H groups in total. The number of nitrogens with two attached hydrogens (primary N) is 1. The molecule has 4 rings (SSSR count). The lowest BCUT2D eigenvalue weighted by Gasteiger charge is -2.13. The molecule has 124 valence electrons. The lowest BCUT2D eigenvalue weighted by Crippen LogP contribution is -2.10.